The van der Waals surface area contributed by atoms with Crippen LogP contribution in [0.5, 0.6) is 0 Å². The van der Waals surface area contributed by atoms with Gasteiger partial charge in [-0.15, -0.1) is 0 Å². The number of hydrogen-bond donors (Lipinski definition) is 9. The number of aliphatic hydroxyl groups is 8. The van der Waals surface area contributed by atoms with Gasteiger partial charge in [0.2, 0.25) is 5.79 Å². The quantitative estimate of drug-likeness (QED) is 0.190. The van der Waals surface area contributed by atoms with Crippen molar-refractivity contribution in [1.82, 2.24) is 0 Å². The first-order valence-corrected chi connectivity index (χ1v) is 8.54. The van der Waals surface area contributed by atoms with Crippen LogP contribution in [0, 0.1) is 5.92 Å². The second-order valence-electron chi connectivity index (χ2n) is 6.92. The zero-order valence-electron chi connectivity index (χ0n) is 14.8. The third-order valence-electron chi connectivity index (χ3n) is 5.07. The molecule has 164 valence electrons. The molecule has 0 aromatic carbocycles. The summed E-state index contributed by atoms with van der Waals surface area (Å²) in [4.78, 5) is 11.1. The molecular formula is C15H26O13. The smallest absolute Gasteiger partial charge is 0.308 e. The molecule has 0 aromatic rings. The zero-order valence-corrected chi connectivity index (χ0v) is 14.8. The van der Waals surface area contributed by atoms with Crippen molar-refractivity contribution in [3.05, 3.63) is 0 Å². The van der Waals surface area contributed by atoms with E-state index in [2.05, 4.69) is 0 Å². The van der Waals surface area contributed by atoms with Crippen molar-refractivity contribution in [2.75, 3.05) is 13.2 Å². The Bertz CT molecular complexity index is 546. The van der Waals surface area contributed by atoms with Crippen molar-refractivity contribution in [2.24, 2.45) is 5.92 Å². The van der Waals surface area contributed by atoms with Crippen LogP contribution >= 0.6 is 0 Å². The lowest BCUT2D eigenvalue weighted by molar-refractivity contribution is -0.388. The highest BCUT2D eigenvalue weighted by Gasteiger charge is 2.59. The van der Waals surface area contributed by atoms with Gasteiger partial charge in [0.1, 0.15) is 49.3 Å². The van der Waals surface area contributed by atoms with Crippen LogP contribution in [0.2, 0.25) is 0 Å². The molecule has 3 unspecified atom stereocenters. The molecule has 2 aliphatic heterocycles. The van der Waals surface area contributed by atoms with E-state index in [0.29, 0.717) is 0 Å². The molecule has 0 amide bonds. The van der Waals surface area contributed by atoms with Crippen LogP contribution in [0.3, 0.4) is 0 Å². The van der Waals surface area contributed by atoms with E-state index in [1.807, 2.05) is 0 Å². The van der Waals surface area contributed by atoms with Crippen LogP contribution in [-0.4, -0.2) is 126 Å². The second-order valence-corrected chi connectivity index (χ2v) is 6.92. The molecule has 0 bridgehead atoms. The Labute approximate surface area is 158 Å². The van der Waals surface area contributed by atoms with Gasteiger partial charge in [-0.05, 0) is 6.92 Å². The molecule has 11 atom stereocenters. The molecule has 28 heavy (non-hydrogen) atoms. The summed E-state index contributed by atoms with van der Waals surface area (Å²) in [6, 6.07) is 0. The molecule has 13 heteroatoms. The number of carboxylic acid groups (broad SMARTS) is 1. The third kappa shape index (κ3) is 4.01. The molecule has 9 N–H and O–H groups in total. The summed E-state index contributed by atoms with van der Waals surface area (Å²) < 4.78 is 15.6. The summed E-state index contributed by atoms with van der Waals surface area (Å²) in [7, 11) is 0. The Morgan fingerprint density at radius 1 is 1.07 bits per heavy atom. The number of aliphatic hydroxyl groups excluding tert-OH is 8. The summed E-state index contributed by atoms with van der Waals surface area (Å²) in [6.45, 7) is -0.681. The van der Waals surface area contributed by atoms with E-state index in [9.17, 15) is 40.5 Å². The van der Waals surface area contributed by atoms with Gasteiger partial charge < -0.3 is 60.2 Å². The van der Waals surface area contributed by atoms with Gasteiger partial charge in [0.25, 0.3) is 0 Å². The normalized spacial score (nSPS) is 46.3. The first kappa shape index (κ1) is 23.3. The van der Waals surface area contributed by atoms with Crippen LogP contribution in [0.4, 0.5) is 0 Å². The van der Waals surface area contributed by atoms with Gasteiger partial charge in [0.05, 0.1) is 18.6 Å². The van der Waals surface area contributed by atoms with Crippen molar-refractivity contribution in [3.63, 3.8) is 0 Å². The third-order valence-corrected chi connectivity index (χ3v) is 5.07. The van der Waals surface area contributed by atoms with E-state index in [0.717, 1.165) is 6.92 Å². The number of aliphatic carboxylic acids is 1. The van der Waals surface area contributed by atoms with Gasteiger partial charge in [-0.2, -0.15) is 0 Å². The van der Waals surface area contributed by atoms with E-state index in [1.54, 1.807) is 0 Å². The van der Waals surface area contributed by atoms with Crippen LogP contribution < -0.4 is 0 Å². The number of carbonyl (C=O) groups is 1. The van der Waals surface area contributed by atoms with Gasteiger partial charge >= 0.3 is 5.97 Å². The number of rotatable bonds is 7. The van der Waals surface area contributed by atoms with Gasteiger partial charge in [-0.1, -0.05) is 0 Å². The maximum atomic E-state index is 11.1. The topological polar surface area (TPSA) is 227 Å². The predicted octanol–water partition coefficient (Wildman–Crippen LogP) is -5.31. The second kappa shape index (κ2) is 8.81. The molecule has 0 radical (unpaired) electrons. The van der Waals surface area contributed by atoms with E-state index in [4.69, 9.17) is 24.4 Å². The van der Waals surface area contributed by atoms with Gasteiger partial charge in [0.15, 0.2) is 6.29 Å². The van der Waals surface area contributed by atoms with Crippen molar-refractivity contribution in [3.8, 4) is 0 Å². The Balaban J connectivity index is 2.25. The first-order valence-electron chi connectivity index (χ1n) is 8.54. The van der Waals surface area contributed by atoms with Gasteiger partial charge in [-0.25, -0.2) is 0 Å². The molecule has 2 rings (SSSR count). The fraction of sp³-hybridized carbons (Fsp3) is 0.933. The lowest BCUT2D eigenvalue weighted by atomic mass is 9.89. The monoisotopic (exact) mass is 414 g/mol. The van der Waals surface area contributed by atoms with E-state index < -0.39 is 86.0 Å². The highest BCUT2D eigenvalue weighted by Crippen LogP contribution is 2.36. The van der Waals surface area contributed by atoms with Crippen LogP contribution in [0.1, 0.15) is 6.92 Å². The fourth-order valence-corrected chi connectivity index (χ4v) is 3.15. The average molecular weight is 414 g/mol. The Morgan fingerprint density at radius 3 is 2.14 bits per heavy atom. The molecule has 0 spiro atoms. The van der Waals surface area contributed by atoms with Crippen molar-refractivity contribution in [1.29, 1.82) is 0 Å². The molecule has 13 nitrogen and oxygen atoms in total. The van der Waals surface area contributed by atoms with Gasteiger partial charge in [0, 0.05) is 0 Å². The SMILES string of the molecule is CC(C(=O)O)C(O)[C@H]1O[C@H](OC2(CO)O[C@H](CO)[C@@H](O)[C@@H]2O)[C@H](O)[C@@H](O)[C@@H]1O. The fourth-order valence-electron chi connectivity index (χ4n) is 3.15. The number of hydrogen-bond acceptors (Lipinski definition) is 12. The molecule has 0 aliphatic carbocycles. The van der Waals surface area contributed by atoms with E-state index >= 15 is 0 Å². The van der Waals surface area contributed by atoms with Gasteiger partial charge in [-0.3, -0.25) is 4.79 Å². The first-order chi connectivity index (χ1) is 13.0. The summed E-state index contributed by atoms with van der Waals surface area (Å²) in [5.41, 5.74) is 0. The molecule has 2 aliphatic rings. The molecular weight excluding hydrogens is 388 g/mol. The maximum absolute atomic E-state index is 11.1. The minimum atomic E-state index is -2.37. The van der Waals surface area contributed by atoms with E-state index in [-0.39, 0.29) is 0 Å². The highest BCUT2D eigenvalue weighted by atomic mass is 16.8. The van der Waals surface area contributed by atoms with Crippen LogP contribution in [0.25, 0.3) is 0 Å². The highest BCUT2D eigenvalue weighted by molar-refractivity contribution is 5.70. The Morgan fingerprint density at radius 2 is 1.68 bits per heavy atom. The summed E-state index contributed by atoms with van der Waals surface area (Å²) in [5.74, 6) is -5.21. The standard InChI is InChI=1S/C15H26O13/c1-4(13(24)25)6(18)11-9(21)8(20)10(22)14(26-11)28-15(3-17)12(23)7(19)5(2-16)27-15/h4-12,14,16-23H,2-3H2,1H3,(H,24,25)/t4?,5-,6?,7-,8+,9+,10-,11-,12+,14-,15?/m1/s1. The molecule has 2 saturated heterocycles. The summed E-state index contributed by atoms with van der Waals surface area (Å²) in [6.07, 6.45) is -16.1. The lowest BCUT2D eigenvalue weighted by Gasteiger charge is -2.45. The number of carboxylic acids is 1. The average Bonchev–Trinajstić information content (AvgIpc) is 2.92. The van der Waals surface area contributed by atoms with Crippen molar-refractivity contribution >= 4 is 5.97 Å². The number of ether oxygens (including phenoxy) is 3. The predicted molar refractivity (Wildman–Crippen MR) is 84.4 cm³/mol. The summed E-state index contributed by atoms with van der Waals surface area (Å²) >= 11 is 0. The largest absolute Gasteiger partial charge is 0.481 e. The zero-order chi connectivity index (χ0) is 21.4. The molecule has 0 aromatic heterocycles. The Hall–Kier alpha value is -0.970. The maximum Gasteiger partial charge on any atom is 0.308 e. The minimum absolute atomic E-state index is 0.740. The lowest BCUT2D eigenvalue weighted by Crippen LogP contribution is -2.65. The van der Waals surface area contributed by atoms with Crippen LogP contribution in [0.15, 0.2) is 0 Å². The Kier molecular flexibility index (Phi) is 7.33. The van der Waals surface area contributed by atoms with Crippen LogP contribution in [-0.2, 0) is 19.0 Å². The van der Waals surface area contributed by atoms with Crippen molar-refractivity contribution < 1.29 is 65.0 Å². The van der Waals surface area contributed by atoms with Crippen molar-refractivity contribution in [2.45, 2.75) is 67.8 Å². The molecule has 2 heterocycles. The molecule has 2 fully saturated rings. The van der Waals surface area contributed by atoms with E-state index in [1.165, 1.54) is 0 Å². The molecule has 0 saturated carbocycles. The minimum Gasteiger partial charge on any atom is -0.481 e. The summed E-state index contributed by atoms with van der Waals surface area (Å²) in [5, 5.41) is 88.1.